The van der Waals surface area contributed by atoms with Crippen molar-refractivity contribution in [3.8, 4) is 11.4 Å². The first-order chi connectivity index (χ1) is 24.8. The highest BCUT2D eigenvalue weighted by Crippen LogP contribution is 2.75. The Morgan fingerprint density at radius 3 is 2.53 bits per heavy atom. The van der Waals surface area contributed by atoms with Crippen LogP contribution in [0, 0.1) is 62.5 Å². The molecule has 0 unspecified atom stereocenters. The maximum absolute atomic E-state index is 15.4. The standard InChI is InChI=1S/C43H64FN5O4/c1-26(2)27(3)39(6)17-18-41(8)29-12-13-33-40(7)23-52-24-43(33,30(29)14-16-42(41,9)34(39)37(50)51)20-32(35(40)53-22-38(4,5)48(10)11)49-36(46-25-47-49)28-15-19-45-21-31(28)44/h14-15,19,21,25-27,29,32-35H,12-13,16-18,20,22-24H2,1-11H3,(H,50,51)/t27-,29+,32-,33+,34-,35+,39-,40-,41-,42+,43+/m1/s1. The summed E-state index contributed by atoms with van der Waals surface area (Å²) >= 11 is 0. The number of aromatic nitrogens is 4. The molecule has 4 aliphatic carbocycles. The van der Waals surface area contributed by atoms with Crippen LogP contribution in [-0.4, -0.2) is 81.3 Å². The van der Waals surface area contributed by atoms with E-state index in [0.29, 0.717) is 43.0 Å². The molecular formula is C43H64FN5O4. The van der Waals surface area contributed by atoms with Crippen molar-refractivity contribution in [3.05, 3.63) is 42.3 Å². The van der Waals surface area contributed by atoms with Gasteiger partial charge in [-0.3, -0.25) is 9.78 Å². The molecule has 292 valence electrons. The fourth-order valence-electron chi connectivity index (χ4n) is 12.8. The zero-order chi connectivity index (χ0) is 38.5. The summed E-state index contributed by atoms with van der Waals surface area (Å²) in [7, 11) is 4.16. The van der Waals surface area contributed by atoms with Crippen molar-refractivity contribution in [1.82, 2.24) is 24.6 Å². The molecule has 2 aromatic heterocycles. The Kier molecular flexibility index (Phi) is 9.42. The van der Waals surface area contributed by atoms with E-state index >= 15 is 4.39 Å². The van der Waals surface area contributed by atoms with Crippen LogP contribution in [0.1, 0.15) is 107 Å². The third kappa shape index (κ3) is 5.45. The van der Waals surface area contributed by atoms with Gasteiger partial charge in [0.25, 0.3) is 0 Å². The molecular weight excluding hydrogens is 670 g/mol. The van der Waals surface area contributed by atoms with Gasteiger partial charge in [-0.15, -0.1) is 0 Å². The Labute approximate surface area is 316 Å². The highest BCUT2D eigenvalue weighted by molar-refractivity contribution is 5.73. The monoisotopic (exact) mass is 733 g/mol. The van der Waals surface area contributed by atoms with Gasteiger partial charge in [0.05, 0.1) is 49.6 Å². The summed E-state index contributed by atoms with van der Waals surface area (Å²) in [5, 5.41) is 16.0. The van der Waals surface area contributed by atoms with Crippen molar-refractivity contribution >= 4 is 5.97 Å². The number of aliphatic carboxylic acids is 1. The fraction of sp³-hybridized carbons (Fsp3) is 0.767. The van der Waals surface area contributed by atoms with Gasteiger partial charge in [-0.25, -0.2) is 14.1 Å². The number of rotatable bonds is 9. The summed E-state index contributed by atoms with van der Waals surface area (Å²) in [4.78, 5) is 24.4. The minimum Gasteiger partial charge on any atom is -0.481 e. The zero-order valence-corrected chi connectivity index (χ0v) is 34.1. The summed E-state index contributed by atoms with van der Waals surface area (Å²) in [6, 6.07) is 1.44. The quantitative estimate of drug-likeness (QED) is 0.257. The van der Waals surface area contributed by atoms with Gasteiger partial charge in [0.15, 0.2) is 11.6 Å². The molecule has 2 bridgehead atoms. The summed E-state index contributed by atoms with van der Waals surface area (Å²) < 4.78 is 31.3. The van der Waals surface area contributed by atoms with Crippen molar-refractivity contribution < 1.29 is 23.8 Å². The first-order valence-electron chi connectivity index (χ1n) is 20.1. The van der Waals surface area contributed by atoms with E-state index in [1.165, 1.54) is 18.1 Å². The normalized spacial score (nSPS) is 40.3. The molecule has 9 nitrogen and oxygen atoms in total. The van der Waals surface area contributed by atoms with Crippen LogP contribution < -0.4 is 0 Å². The predicted octanol–water partition coefficient (Wildman–Crippen LogP) is 8.33. The highest BCUT2D eigenvalue weighted by atomic mass is 19.1. The van der Waals surface area contributed by atoms with Gasteiger partial charge in [-0.05, 0) is 112 Å². The van der Waals surface area contributed by atoms with Crippen molar-refractivity contribution in [1.29, 1.82) is 0 Å². The van der Waals surface area contributed by atoms with Gasteiger partial charge in [0, 0.05) is 22.6 Å². The SMILES string of the molecule is CC(C)[C@@H](C)[C@@]1(C)CC[C@]2(C)[C@H]3CC[C@@H]4[C@@]5(COC[C@@]4(C)[C@@H](OCC(C)(C)N(C)C)[C@H](n4ncnc4-c4ccncc4F)C5)C3=CC[C@@]2(C)[C@@H]1C(=O)O. The lowest BCUT2D eigenvalue weighted by molar-refractivity contribution is -0.253. The Morgan fingerprint density at radius 2 is 1.87 bits per heavy atom. The van der Waals surface area contributed by atoms with Crippen molar-refractivity contribution in [2.45, 2.75) is 119 Å². The van der Waals surface area contributed by atoms with Crippen LogP contribution in [0.25, 0.3) is 11.4 Å². The maximum Gasteiger partial charge on any atom is 0.307 e. The average molecular weight is 734 g/mol. The topological polar surface area (TPSA) is 103 Å². The number of halogens is 1. The molecule has 53 heavy (non-hydrogen) atoms. The first kappa shape index (κ1) is 38.6. The van der Waals surface area contributed by atoms with E-state index in [-0.39, 0.29) is 51.2 Å². The van der Waals surface area contributed by atoms with Gasteiger partial charge < -0.3 is 19.5 Å². The van der Waals surface area contributed by atoms with Gasteiger partial charge in [0.1, 0.15) is 6.33 Å². The maximum atomic E-state index is 15.4. The molecule has 0 aromatic carbocycles. The van der Waals surface area contributed by atoms with E-state index in [9.17, 15) is 9.90 Å². The average Bonchev–Trinajstić information content (AvgIpc) is 3.57. The molecule has 0 radical (unpaired) electrons. The van der Waals surface area contributed by atoms with Crippen LogP contribution in [0.3, 0.4) is 0 Å². The van der Waals surface area contributed by atoms with E-state index in [2.05, 4.69) is 97.4 Å². The van der Waals surface area contributed by atoms with Crippen LogP contribution in [-0.2, 0) is 14.3 Å². The smallest absolute Gasteiger partial charge is 0.307 e. The van der Waals surface area contributed by atoms with Crippen LogP contribution in [0.2, 0.25) is 0 Å². The minimum atomic E-state index is -0.647. The fourth-order valence-corrected chi connectivity index (χ4v) is 12.8. The summed E-state index contributed by atoms with van der Waals surface area (Å²) in [5.74, 6) is 0.179. The molecule has 3 saturated carbocycles. The number of nitrogens with zero attached hydrogens (tertiary/aromatic N) is 5. The van der Waals surface area contributed by atoms with Crippen molar-refractivity contribution in [2.24, 2.45) is 56.7 Å². The van der Waals surface area contributed by atoms with Gasteiger partial charge >= 0.3 is 5.97 Å². The lowest BCUT2D eigenvalue weighted by atomic mass is 9.34. The number of allylic oxidation sites excluding steroid dienone is 1. The number of hydrogen-bond acceptors (Lipinski definition) is 7. The largest absolute Gasteiger partial charge is 0.481 e. The van der Waals surface area contributed by atoms with E-state index in [0.717, 1.165) is 38.5 Å². The summed E-state index contributed by atoms with van der Waals surface area (Å²) in [6.07, 6.45) is 12.0. The molecule has 4 fully saturated rings. The van der Waals surface area contributed by atoms with E-state index < -0.39 is 23.1 Å². The van der Waals surface area contributed by atoms with E-state index in [1.807, 2.05) is 4.68 Å². The number of carbonyl (C=O) groups is 1. The third-order valence-electron chi connectivity index (χ3n) is 16.8. The Hall–Kier alpha value is -2.69. The van der Waals surface area contributed by atoms with Gasteiger partial charge in [0.2, 0.25) is 0 Å². The van der Waals surface area contributed by atoms with Gasteiger partial charge in [-0.1, -0.05) is 60.1 Å². The van der Waals surface area contributed by atoms with E-state index in [1.54, 1.807) is 12.3 Å². The highest BCUT2D eigenvalue weighted by Gasteiger charge is 2.72. The first-order valence-corrected chi connectivity index (χ1v) is 20.1. The molecule has 3 heterocycles. The third-order valence-corrected chi connectivity index (χ3v) is 16.8. The molecule has 5 aliphatic rings. The Bertz CT molecular complexity index is 1760. The molecule has 7 rings (SSSR count). The van der Waals surface area contributed by atoms with Crippen LogP contribution in [0.15, 0.2) is 36.4 Å². The second-order valence-corrected chi connectivity index (χ2v) is 19.9. The van der Waals surface area contributed by atoms with Gasteiger partial charge in [-0.2, -0.15) is 5.10 Å². The molecule has 0 spiro atoms. The summed E-state index contributed by atoms with van der Waals surface area (Å²) in [5.41, 5.74) is 0.0526. The number of fused-ring (bicyclic) bond motifs is 3. The number of ether oxygens (including phenoxy) is 2. The van der Waals surface area contributed by atoms with Crippen LogP contribution in [0.4, 0.5) is 4.39 Å². The number of likely N-dealkylation sites (N-methyl/N-ethyl adjacent to an activating group) is 1. The second kappa shape index (κ2) is 12.9. The molecule has 0 amide bonds. The Balaban J connectivity index is 1.36. The lowest BCUT2D eigenvalue weighted by Crippen LogP contribution is -2.69. The molecule has 11 atom stereocenters. The van der Waals surface area contributed by atoms with E-state index in [4.69, 9.17) is 14.6 Å². The second-order valence-electron chi connectivity index (χ2n) is 19.9. The molecule has 1 N–H and O–H groups in total. The summed E-state index contributed by atoms with van der Waals surface area (Å²) in [6.45, 7) is 22.2. The number of pyridine rings is 1. The Morgan fingerprint density at radius 1 is 1.13 bits per heavy atom. The minimum absolute atomic E-state index is 0.193. The van der Waals surface area contributed by atoms with Crippen molar-refractivity contribution in [2.75, 3.05) is 33.9 Å². The zero-order valence-electron chi connectivity index (χ0n) is 34.1. The molecule has 1 saturated heterocycles. The van der Waals surface area contributed by atoms with Crippen LogP contribution >= 0.6 is 0 Å². The number of carboxylic acid groups (broad SMARTS) is 1. The molecule has 10 heteroatoms. The number of carboxylic acids is 1. The van der Waals surface area contributed by atoms with Crippen molar-refractivity contribution in [3.63, 3.8) is 0 Å². The predicted molar refractivity (Wildman–Crippen MR) is 203 cm³/mol. The molecule has 1 aliphatic heterocycles. The molecule has 2 aromatic rings. The lowest BCUT2D eigenvalue weighted by Gasteiger charge is -2.71. The number of hydrogen-bond donors (Lipinski definition) is 1. The van der Waals surface area contributed by atoms with Crippen LogP contribution in [0.5, 0.6) is 0 Å².